The zero-order valence-corrected chi connectivity index (χ0v) is 16.5. The van der Waals surface area contributed by atoms with Gasteiger partial charge in [0.05, 0.1) is 23.8 Å². The average molecular weight is 400 g/mol. The van der Waals surface area contributed by atoms with Gasteiger partial charge in [-0.3, -0.25) is 4.31 Å². The Labute approximate surface area is 164 Å². The van der Waals surface area contributed by atoms with Gasteiger partial charge in [0, 0.05) is 6.54 Å². The number of benzene rings is 2. The lowest BCUT2D eigenvalue weighted by Gasteiger charge is -2.19. The molecule has 140 valence electrons. The Morgan fingerprint density at radius 2 is 1.81 bits per heavy atom. The summed E-state index contributed by atoms with van der Waals surface area (Å²) in [5.74, 6) is 0. The van der Waals surface area contributed by atoms with Gasteiger partial charge in [-0.1, -0.05) is 30.3 Å². The summed E-state index contributed by atoms with van der Waals surface area (Å²) >= 11 is 1.69. The number of thiophene rings is 1. The lowest BCUT2D eigenvalue weighted by molar-refractivity contribution is 0.124. The van der Waals surface area contributed by atoms with Crippen molar-refractivity contribution < 1.29 is 13.2 Å². The molecule has 0 saturated carbocycles. The number of hydrogen-bond donors (Lipinski definition) is 0. The summed E-state index contributed by atoms with van der Waals surface area (Å²) in [5.41, 5.74) is 4.13. The molecule has 1 aliphatic heterocycles. The van der Waals surface area contributed by atoms with Gasteiger partial charge in [-0.25, -0.2) is 8.42 Å². The molecule has 6 heteroatoms. The fraction of sp³-hybridized carbons (Fsp3) is 0.238. The molecule has 2 aromatic carbocycles. The number of fused-ring (bicyclic) bond motifs is 1. The van der Waals surface area contributed by atoms with Gasteiger partial charge >= 0.3 is 0 Å². The summed E-state index contributed by atoms with van der Waals surface area (Å²) < 4.78 is 33.2. The van der Waals surface area contributed by atoms with Crippen molar-refractivity contribution in [3.63, 3.8) is 0 Å². The van der Waals surface area contributed by atoms with E-state index in [2.05, 4.69) is 16.8 Å². The van der Waals surface area contributed by atoms with Crippen molar-refractivity contribution in [2.75, 3.05) is 17.5 Å². The highest BCUT2D eigenvalue weighted by atomic mass is 32.2. The summed E-state index contributed by atoms with van der Waals surface area (Å²) in [7, 11) is -3.53. The first-order valence-electron chi connectivity index (χ1n) is 8.93. The van der Waals surface area contributed by atoms with Crippen molar-refractivity contribution in [2.45, 2.75) is 24.3 Å². The highest BCUT2D eigenvalue weighted by Crippen LogP contribution is 2.32. The molecule has 1 aromatic heterocycles. The van der Waals surface area contributed by atoms with Crippen molar-refractivity contribution in [3.05, 3.63) is 82.0 Å². The zero-order chi connectivity index (χ0) is 18.7. The third-order valence-corrected chi connectivity index (χ3v) is 7.30. The average Bonchev–Trinajstić information content (AvgIpc) is 3.35. The van der Waals surface area contributed by atoms with Gasteiger partial charge in [-0.15, -0.1) is 0 Å². The number of anilines is 1. The smallest absolute Gasteiger partial charge is 0.264 e. The van der Waals surface area contributed by atoms with Crippen molar-refractivity contribution in [1.82, 2.24) is 0 Å². The number of rotatable bonds is 7. The molecule has 0 saturated heterocycles. The molecular formula is C21H21NO3S2. The van der Waals surface area contributed by atoms with E-state index in [9.17, 15) is 8.42 Å². The van der Waals surface area contributed by atoms with Gasteiger partial charge in [0.1, 0.15) is 0 Å². The lowest BCUT2D eigenvalue weighted by Crippen LogP contribution is -2.29. The summed E-state index contributed by atoms with van der Waals surface area (Å²) in [6.07, 6.45) is 1.65. The molecule has 3 aromatic rings. The molecule has 4 nitrogen and oxygen atoms in total. The molecule has 0 atom stereocenters. The molecule has 0 radical (unpaired) electrons. The summed E-state index contributed by atoms with van der Waals surface area (Å²) in [5, 5.41) is 4.19. The standard InChI is InChI=1S/C21H21NO3S2/c23-27(24,22-12-9-19-3-1-2-4-21(19)22)20-7-5-17(6-8-20)15-25-13-10-18-11-14-26-16-18/h1-8,11,14,16H,9-10,12-13,15H2. The van der Waals surface area contributed by atoms with Crippen LogP contribution in [0.5, 0.6) is 0 Å². The number of ether oxygens (including phenoxy) is 1. The molecule has 2 heterocycles. The molecule has 0 aliphatic carbocycles. The van der Waals surface area contributed by atoms with E-state index in [4.69, 9.17) is 4.74 Å². The first kappa shape index (κ1) is 18.2. The van der Waals surface area contributed by atoms with Crippen LogP contribution in [0, 0.1) is 0 Å². The Hall–Kier alpha value is -2.15. The second-order valence-corrected chi connectivity index (χ2v) is 9.18. The van der Waals surface area contributed by atoms with Crippen LogP contribution >= 0.6 is 11.3 Å². The Morgan fingerprint density at radius 1 is 1.00 bits per heavy atom. The molecular weight excluding hydrogens is 378 g/mol. The summed E-state index contributed by atoms with van der Waals surface area (Å²) in [6.45, 7) is 1.63. The Kier molecular flexibility index (Phi) is 5.29. The largest absolute Gasteiger partial charge is 0.376 e. The van der Waals surface area contributed by atoms with E-state index in [0.717, 1.165) is 29.7 Å². The first-order chi connectivity index (χ1) is 13.1. The summed E-state index contributed by atoms with van der Waals surface area (Å²) in [4.78, 5) is 0.321. The van der Waals surface area contributed by atoms with E-state index < -0.39 is 10.0 Å². The second-order valence-electron chi connectivity index (χ2n) is 6.53. The Bertz CT molecular complexity index is 996. The van der Waals surface area contributed by atoms with Crippen LogP contribution in [0.15, 0.2) is 70.3 Å². The SMILES string of the molecule is O=S(=O)(c1ccc(COCCc2ccsc2)cc1)N1CCc2ccccc21. The molecule has 0 spiro atoms. The molecule has 0 unspecified atom stereocenters. The Morgan fingerprint density at radius 3 is 2.59 bits per heavy atom. The Balaban J connectivity index is 1.40. The maximum absolute atomic E-state index is 13.0. The molecule has 0 amide bonds. The number of hydrogen-bond acceptors (Lipinski definition) is 4. The third-order valence-electron chi connectivity index (χ3n) is 4.74. The van der Waals surface area contributed by atoms with Crippen LogP contribution in [-0.4, -0.2) is 21.6 Å². The van der Waals surface area contributed by atoms with Crippen LogP contribution < -0.4 is 4.31 Å². The predicted octanol–water partition coefficient (Wildman–Crippen LogP) is 4.26. The number of nitrogens with zero attached hydrogens (tertiary/aromatic N) is 1. The van der Waals surface area contributed by atoms with Crippen molar-refractivity contribution in [3.8, 4) is 0 Å². The van der Waals surface area contributed by atoms with Crippen LogP contribution in [0.25, 0.3) is 0 Å². The highest BCUT2D eigenvalue weighted by Gasteiger charge is 2.30. The summed E-state index contributed by atoms with van der Waals surface area (Å²) in [6, 6.07) is 16.8. The van der Waals surface area contributed by atoms with Gasteiger partial charge < -0.3 is 4.74 Å². The first-order valence-corrected chi connectivity index (χ1v) is 11.3. The van der Waals surface area contributed by atoms with E-state index in [-0.39, 0.29) is 0 Å². The van der Waals surface area contributed by atoms with Gasteiger partial charge in [-0.2, -0.15) is 11.3 Å². The molecule has 0 N–H and O–H groups in total. The monoisotopic (exact) mass is 399 g/mol. The van der Waals surface area contributed by atoms with E-state index in [1.807, 2.05) is 36.4 Å². The van der Waals surface area contributed by atoms with Crippen molar-refractivity contribution in [2.24, 2.45) is 0 Å². The fourth-order valence-electron chi connectivity index (χ4n) is 3.26. The minimum Gasteiger partial charge on any atom is -0.376 e. The highest BCUT2D eigenvalue weighted by molar-refractivity contribution is 7.92. The molecule has 27 heavy (non-hydrogen) atoms. The maximum Gasteiger partial charge on any atom is 0.264 e. The predicted molar refractivity (Wildman–Crippen MR) is 109 cm³/mol. The van der Waals surface area contributed by atoms with E-state index in [1.54, 1.807) is 23.5 Å². The second kappa shape index (κ2) is 7.84. The fourth-order valence-corrected chi connectivity index (χ4v) is 5.46. The topological polar surface area (TPSA) is 46.6 Å². The van der Waals surface area contributed by atoms with Gasteiger partial charge in [0.25, 0.3) is 10.0 Å². The quantitative estimate of drug-likeness (QED) is 0.558. The van der Waals surface area contributed by atoms with Crippen LogP contribution in [0.2, 0.25) is 0 Å². The molecule has 0 fully saturated rings. The number of para-hydroxylation sites is 1. The van der Waals surface area contributed by atoms with Gasteiger partial charge in [0.2, 0.25) is 0 Å². The van der Waals surface area contributed by atoms with Crippen molar-refractivity contribution in [1.29, 1.82) is 0 Å². The minimum absolute atomic E-state index is 0.321. The van der Waals surface area contributed by atoms with Crippen LogP contribution in [0.1, 0.15) is 16.7 Å². The van der Waals surface area contributed by atoms with Gasteiger partial charge in [0.15, 0.2) is 0 Å². The normalized spacial score (nSPS) is 13.7. The molecule has 1 aliphatic rings. The number of sulfonamides is 1. The van der Waals surface area contributed by atoms with Crippen LogP contribution in [-0.2, 0) is 34.2 Å². The van der Waals surface area contributed by atoms with E-state index in [0.29, 0.717) is 24.7 Å². The van der Waals surface area contributed by atoms with Crippen LogP contribution in [0.4, 0.5) is 5.69 Å². The third kappa shape index (κ3) is 3.93. The van der Waals surface area contributed by atoms with Crippen LogP contribution in [0.3, 0.4) is 0 Å². The molecule has 0 bridgehead atoms. The van der Waals surface area contributed by atoms with E-state index >= 15 is 0 Å². The van der Waals surface area contributed by atoms with Crippen molar-refractivity contribution >= 4 is 27.0 Å². The lowest BCUT2D eigenvalue weighted by atomic mass is 10.2. The zero-order valence-electron chi connectivity index (χ0n) is 14.9. The molecule has 4 rings (SSSR count). The van der Waals surface area contributed by atoms with E-state index in [1.165, 1.54) is 9.87 Å². The maximum atomic E-state index is 13.0. The minimum atomic E-state index is -3.53. The van der Waals surface area contributed by atoms with Gasteiger partial charge in [-0.05, 0) is 64.6 Å².